The molecule has 0 aliphatic heterocycles. The first-order valence-electron chi connectivity index (χ1n) is 6.72. The van der Waals surface area contributed by atoms with Crippen molar-refractivity contribution in [3.8, 4) is 11.5 Å². The SMILES string of the molecule is CCOc1ccc(C(N)c2scnc2C)cc1OCC. The van der Waals surface area contributed by atoms with Gasteiger partial charge in [-0.25, -0.2) is 4.98 Å². The van der Waals surface area contributed by atoms with Crippen molar-refractivity contribution in [2.45, 2.75) is 26.8 Å². The Hall–Kier alpha value is -1.59. The third kappa shape index (κ3) is 3.11. The van der Waals surface area contributed by atoms with Gasteiger partial charge in [-0.15, -0.1) is 11.3 Å². The van der Waals surface area contributed by atoms with Crippen LogP contribution in [0, 0.1) is 6.92 Å². The summed E-state index contributed by atoms with van der Waals surface area (Å²) in [6, 6.07) is 5.67. The number of hydrogen-bond acceptors (Lipinski definition) is 5. The lowest BCUT2D eigenvalue weighted by Crippen LogP contribution is -2.12. The molecule has 1 heterocycles. The second kappa shape index (κ2) is 6.72. The number of thiazole rings is 1. The first kappa shape index (κ1) is 14.8. The van der Waals surface area contributed by atoms with Crippen molar-refractivity contribution in [1.29, 1.82) is 0 Å². The van der Waals surface area contributed by atoms with Crippen LogP contribution in [0.1, 0.15) is 36.0 Å². The molecule has 1 aromatic carbocycles. The minimum atomic E-state index is -0.183. The van der Waals surface area contributed by atoms with Crippen molar-refractivity contribution >= 4 is 11.3 Å². The molecule has 108 valence electrons. The van der Waals surface area contributed by atoms with E-state index in [4.69, 9.17) is 15.2 Å². The Labute approximate surface area is 123 Å². The quantitative estimate of drug-likeness (QED) is 0.887. The number of nitrogens with two attached hydrogens (primary N) is 1. The van der Waals surface area contributed by atoms with E-state index < -0.39 is 0 Å². The van der Waals surface area contributed by atoms with Gasteiger partial charge in [0.2, 0.25) is 0 Å². The molecule has 4 nitrogen and oxygen atoms in total. The van der Waals surface area contributed by atoms with Crippen LogP contribution in [0.3, 0.4) is 0 Å². The topological polar surface area (TPSA) is 57.4 Å². The lowest BCUT2D eigenvalue weighted by Gasteiger charge is -2.15. The fourth-order valence-corrected chi connectivity index (χ4v) is 2.85. The summed E-state index contributed by atoms with van der Waals surface area (Å²) in [4.78, 5) is 5.33. The van der Waals surface area contributed by atoms with E-state index in [1.165, 1.54) is 0 Å². The molecular formula is C15H20N2O2S. The first-order valence-corrected chi connectivity index (χ1v) is 7.60. The molecule has 0 fully saturated rings. The van der Waals surface area contributed by atoms with Crippen molar-refractivity contribution in [3.05, 3.63) is 39.8 Å². The second-order valence-corrected chi connectivity index (χ2v) is 5.24. The third-order valence-electron chi connectivity index (χ3n) is 2.99. The molecule has 5 heteroatoms. The highest BCUT2D eigenvalue weighted by molar-refractivity contribution is 7.09. The zero-order valence-corrected chi connectivity index (χ0v) is 12.9. The summed E-state index contributed by atoms with van der Waals surface area (Å²) in [5, 5.41) is 0. The smallest absolute Gasteiger partial charge is 0.161 e. The van der Waals surface area contributed by atoms with Crippen molar-refractivity contribution in [1.82, 2.24) is 4.98 Å². The molecule has 0 saturated carbocycles. The van der Waals surface area contributed by atoms with Gasteiger partial charge in [-0.1, -0.05) is 6.07 Å². The minimum Gasteiger partial charge on any atom is -0.490 e. The van der Waals surface area contributed by atoms with Crippen LogP contribution in [0.5, 0.6) is 11.5 Å². The lowest BCUT2D eigenvalue weighted by atomic mass is 10.0. The summed E-state index contributed by atoms with van der Waals surface area (Å²) in [6.45, 7) is 7.09. The first-order chi connectivity index (χ1) is 9.67. The highest BCUT2D eigenvalue weighted by atomic mass is 32.1. The van der Waals surface area contributed by atoms with E-state index in [1.54, 1.807) is 11.3 Å². The van der Waals surface area contributed by atoms with Gasteiger partial charge in [-0.05, 0) is 38.5 Å². The Balaban J connectivity index is 2.32. The molecular weight excluding hydrogens is 272 g/mol. The predicted octanol–water partition coefficient (Wildman–Crippen LogP) is 3.30. The average molecular weight is 292 g/mol. The van der Waals surface area contributed by atoms with Gasteiger partial charge in [-0.2, -0.15) is 0 Å². The fourth-order valence-electron chi connectivity index (χ4n) is 2.02. The van der Waals surface area contributed by atoms with Crippen LogP contribution in [0.25, 0.3) is 0 Å². The molecule has 0 amide bonds. The van der Waals surface area contributed by atoms with Gasteiger partial charge in [0.15, 0.2) is 11.5 Å². The van der Waals surface area contributed by atoms with Crippen LogP contribution in [-0.2, 0) is 0 Å². The molecule has 0 bridgehead atoms. The molecule has 1 unspecified atom stereocenters. The number of aryl methyl sites for hydroxylation is 1. The number of rotatable bonds is 6. The Morgan fingerprint density at radius 2 is 1.90 bits per heavy atom. The van der Waals surface area contributed by atoms with E-state index in [2.05, 4.69) is 4.98 Å². The van der Waals surface area contributed by atoms with Crippen LogP contribution in [0.4, 0.5) is 0 Å². The molecule has 0 saturated heterocycles. The Morgan fingerprint density at radius 1 is 1.20 bits per heavy atom. The summed E-state index contributed by atoms with van der Waals surface area (Å²) in [6.07, 6.45) is 0. The number of nitrogens with zero attached hydrogens (tertiary/aromatic N) is 1. The molecule has 2 aromatic rings. The van der Waals surface area contributed by atoms with E-state index in [0.29, 0.717) is 13.2 Å². The zero-order valence-electron chi connectivity index (χ0n) is 12.1. The minimum absolute atomic E-state index is 0.183. The van der Waals surface area contributed by atoms with Crippen LogP contribution >= 0.6 is 11.3 Å². The summed E-state index contributed by atoms with van der Waals surface area (Å²) >= 11 is 1.58. The average Bonchev–Trinajstić information content (AvgIpc) is 2.86. The van der Waals surface area contributed by atoms with Gasteiger partial charge in [0.05, 0.1) is 30.5 Å². The standard InChI is InChI=1S/C15H20N2O2S/c1-4-18-12-7-6-11(8-13(12)19-5-2)14(16)15-10(3)17-9-20-15/h6-9,14H,4-5,16H2,1-3H3. The van der Waals surface area contributed by atoms with Gasteiger partial charge in [0.25, 0.3) is 0 Å². The summed E-state index contributed by atoms with van der Waals surface area (Å²) in [7, 11) is 0. The molecule has 2 rings (SSSR count). The van der Waals surface area contributed by atoms with Gasteiger partial charge in [0, 0.05) is 4.88 Å². The van der Waals surface area contributed by atoms with E-state index in [0.717, 1.165) is 27.6 Å². The van der Waals surface area contributed by atoms with Crippen LogP contribution in [0.2, 0.25) is 0 Å². The lowest BCUT2D eigenvalue weighted by molar-refractivity contribution is 0.287. The van der Waals surface area contributed by atoms with Crippen molar-refractivity contribution in [3.63, 3.8) is 0 Å². The highest BCUT2D eigenvalue weighted by Crippen LogP contribution is 2.33. The normalized spacial score (nSPS) is 12.2. The third-order valence-corrected chi connectivity index (χ3v) is 4.01. The maximum atomic E-state index is 6.32. The van der Waals surface area contributed by atoms with Crippen LogP contribution < -0.4 is 15.2 Å². The fraction of sp³-hybridized carbons (Fsp3) is 0.400. The number of benzene rings is 1. The second-order valence-electron chi connectivity index (χ2n) is 4.35. The zero-order chi connectivity index (χ0) is 14.5. The monoisotopic (exact) mass is 292 g/mol. The largest absolute Gasteiger partial charge is 0.490 e. The van der Waals surface area contributed by atoms with Gasteiger partial charge in [0.1, 0.15) is 0 Å². The van der Waals surface area contributed by atoms with Gasteiger partial charge < -0.3 is 15.2 Å². The Bertz CT molecular complexity index is 569. The number of ether oxygens (including phenoxy) is 2. The summed E-state index contributed by atoms with van der Waals surface area (Å²) < 4.78 is 11.2. The summed E-state index contributed by atoms with van der Waals surface area (Å²) in [5.74, 6) is 1.50. The van der Waals surface area contributed by atoms with E-state index in [-0.39, 0.29) is 6.04 Å². The van der Waals surface area contributed by atoms with Crippen molar-refractivity contribution in [2.75, 3.05) is 13.2 Å². The maximum Gasteiger partial charge on any atom is 0.161 e. The molecule has 0 aliphatic carbocycles. The molecule has 0 radical (unpaired) electrons. The van der Waals surface area contributed by atoms with E-state index >= 15 is 0 Å². The van der Waals surface area contributed by atoms with Crippen LogP contribution in [-0.4, -0.2) is 18.2 Å². The number of aromatic nitrogens is 1. The molecule has 0 aliphatic rings. The number of hydrogen-bond donors (Lipinski definition) is 1. The van der Waals surface area contributed by atoms with Crippen molar-refractivity contribution in [2.24, 2.45) is 5.73 Å². The van der Waals surface area contributed by atoms with E-state index in [1.807, 2.05) is 44.5 Å². The molecule has 2 N–H and O–H groups in total. The van der Waals surface area contributed by atoms with Crippen LogP contribution in [0.15, 0.2) is 23.7 Å². The molecule has 1 atom stereocenters. The molecule has 20 heavy (non-hydrogen) atoms. The predicted molar refractivity (Wildman–Crippen MR) is 81.7 cm³/mol. The van der Waals surface area contributed by atoms with Gasteiger partial charge in [-0.3, -0.25) is 0 Å². The summed E-state index contributed by atoms with van der Waals surface area (Å²) in [5.41, 5.74) is 10.1. The van der Waals surface area contributed by atoms with E-state index in [9.17, 15) is 0 Å². The maximum absolute atomic E-state index is 6.32. The molecule has 0 spiro atoms. The Kier molecular flexibility index (Phi) is 4.98. The van der Waals surface area contributed by atoms with Gasteiger partial charge >= 0.3 is 0 Å². The highest BCUT2D eigenvalue weighted by Gasteiger charge is 2.16. The van der Waals surface area contributed by atoms with Crippen molar-refractivity contribution < 1.29 is 9.47 Å². The Morgan fingerprint density at radius 3 is 2.50 bits per heavy atom. The molecule has 1 aromatic heterocycles.